The van der Waals surface area contributed by atoms with Crippen LogP contribution in [0.1, 0.15) is 0 Å². The second-order valence-electron chi connectivity index (χ2n) is 11.6. The van der Waals surface area contributed by atoms with E-state index in [2.05, 4.69) is 144 Å². The van der Waals surface area contributed by atoms with Crippen molar-refractivity contribution in [1.29, 1.82) is 0 Å². The van der Waals surface area contributed by atoms with Gasteiger partial charge in [0.25, 0.3) is 0 Å². The molecule has 0 N–H and O–H groups in total. The summed E-state index contributed by atoms with van der Waals surface area (Å²) in [5.74, 6) is 0. The van der Waals surface area contributed by atoms with Crippen LogP contribution in [0.3, 0.4) is 0 Å². The smallest absolute Gasteiger partial charge is 0.137 e. The van der Waals surface area contributed by atoms with E-state index in [-0.39, 0.29) is 0 Å². The van der Waals surface area contributed by atoms with E-state index in [0.717, 1.165) is 22.6 Å². The number of hydrogen-bond donors (Lipinski definition) is 0. The number of benzene rings is 7. The van der Waals surface area contributed by atoms with Crippen LogP contribution in [0.25, 0.3) is 91.8 Å². The predicted molar refractivity (Wildman–Crippen MR) is 188 cm³/mol. The number of hydrogen-bond acceptors (Lipinski definition) is 2. The van der Waals surface area contributed by atoms with E-state index in [0.29, 0.717) is 0 Å². The Bertz CT molecular complexity index is 2650. The number of thiophene rings is 1. The Labute approximate surface area is 257 Å². The molecule has 0 aliphatic rings. The number of imidazole rings is 1. The quantitative estimate of drug-likeness (QED) is 0.191. The largest absolute Gasteiger partial charge is 0.299 e. The molecule has 0 fully saturated rings. The average Bonchev–Trinajstić information content (AvgIpc) is 3.65. The number of nitrogens with zero attached hydrogens (tertiary/aromatic N) is 2. The van der Waals surface area contributed by atoms with Gasteiger partial charge in [-0.2, -0.15) is 0 Å². The molecule has 3 heteroatoms. The molecule has 2 nitrogen and oxygen atoms in total. The highest BCUT2D eigenvalue weighted by Gasteiger charge is 2.18. The Balaban J connectivity index is 1.13. The molecule has 0 spiro atoms. The van der Waals surface area contributed by atoms with Gasteiger partial charge in [0, 0.05) is 37.5 Å². The van der Waals surface area contributed by atoms with Crippen LogP contribution in [0.5, 0.6) is 0 Å². The van der Waals surface area contributed by atoms with Gasteiger partial charge in [0.2, 0.25) is 0 Å². The van der Waals surface area contributed by atoms with Gasteiger partial charge in [0.15, 0.2) is 0 Å². The highest BCUT2D eigenvalue weighted by atomic mass is 32.1. The van der Waals surface area contributed by atoms with Gasteiger partial charge < -0.3 is 0 Å². The van der Waals surface area contributed by atoms with Crippen molar-refractivity contribution in [2.45, 2.75) is 0 Å². The lowest BCUT2D eigenvalue weighted by atomic mass is 9.91. The first-order valence-corrected chi connectivity index (χ1v) is 15.8. The van der Waals surface area contributed by atoms with Crippen LogP contribution in [0.2, 0.25) is 0 Å². The third kappa shape index (κ3) is 3.45. The highest BCUT2D eigenvalue weighted by Crippen LogP contribution is 2.42. The Morgan fingerprint density at radius 1 is 0.455 bits per heavy atom. The Kier molecular flexibility index (Phi) is 4.90. The summed E-state index contributed by atoms with van der Waals surface area (Å²) in [6.07, 6.45) is 2.11. The molecule has 0 saturated carbocycles. The molecule has 10 aromatic rings. The van der Waals surface area contributed by atoms with E-state index in [4.69, 9.17) is 4.98 Å². The average molecular weight is 577 g/mol. The molecule has 0 bridgehead atoms. The first kappa shape index (κ1) is 24.0. The van der Waals surface area contributed by atoms with Crippen LogP contribution in [-0.2, 0) is 0 Å². The second kappa shape index (κ2) is 9.00. The van der Waals surface area contributed by atoms with Crippen LogP contribution in [-0.4, -0.2) is 9.38 Å². The van der Waals surface area contributed by atoms with E-state index in [1.165, 1.54) is 69.2 Å². The predicted octanol–water partition coefficient (Wildman–Crippen LogP) is 11.6. The molecule has 10 rings (SSSR count). The second-order valence-corrected chi connectivity index (χ2v) is 12.7. The molecule has 3 heterocycles. The minimum atomic E-state index is 0.953. The minimum absolute atomic E-state index is 0.953. The topological polar surface area (TPSA) is 17.3 Å². The van der Waals surface area contributed by atoms with Crippen molar-refractivity contribution in [3.63, 3.8) is 0 Å². The zero-order valence-corrected chi connectivity index (χ0v) is 24.5. The maximum Gasteiger partial charge on any atom is 0.137 e. The summed E-state index contributed by atoms with van der Waals surface area (Å²) in [5, 5.41) is 10.5. The normalized spacial score (nSPS) is 12.1. The summed E-state index contributed by atoms with van der Waals surface area (Å²) in [4.78, 5) is 5.05. The standard InChI is InChI=1S/C41H24N2S/c1-2-7-27(8-3-1)40-41(43-20-5-4-11-37(43)42-40)31-17-19-35-34(23-31)33-18-16-28(24-36(33)44-35)32-21-29-14-12-25-9-6-10-26-13-15-30(22-32)39(29)38(25)26/h1-24H. The SMILES string of the molecule is c1ccc(-c2nc3ccccn3c2-c2ccc3sc4cc(-c5cc6ccc7cccc8ccc(c5)c6c78)ccc4c3c2)cc1. The summed E-state index contributed by atoms with van der Waals surface area (Å²) in [6.45, 7) is 0. The molecule has 0 radical (unpaired) electrons. The lowest BCUT2D eigenvalue weighted by Gasteiger charge is -2.13. The van der Waals surface area contributed by atoms with Crippen LogP contribution >= 0.6 is 11.3 Å². The van der Waals surface area contributed by atoms with E-state index in [1.54, 1.807) is 0 Å². The van der Waals surface area contributed by atoms with Crippen molar-refractivity contribution >= 4 is 69.5 Å². The molecule has 0 unspecified atom stereocenters. The van der Waals surface area contributed by atoms with Gasteiger partial charge in [-0.25, -0.2) is 4.98 Å². The number of aromatic nitrogens is 2. The van der Waals surface area contributed by atoms with Crippen molar-refractivity contribution in [3.05, 3.63) is 146 Å². The van der Waals surface area contributed by atoms with Gasteiger partial charge in [-0.15, -0.1) is 11.3 Å². The van der Waals surface area contributed by atoms with Gasteiger partial charge in [0.1, 0.15) is 5.65 Å². The van der Waals surface area contributed by atoms with Crippen molar-refractivity contribution < 1.29 is 0 Å². The lowest BCUT2D eigenvalue weighted by Crippen LogP contribution is -1.89. The zero-order chi connectivity index (χ0) is 28.8. The monoisotopic (exact) mass is 576 g/mol. The number of pyridine rings is 1. The van der Waals surface area contributed by atoms with Crippen LogP contribution < -0.4 is 0 Å². The molecule has 44 heavy (non-hydrogen) atoms. The van der Waals surface area contributed by atoms with Crippen LogP contribution in [0, 0.1) is 0 Å². The molecular weight excluding hydrogens is 553 g/mol. The van der Waals surface area contributed by atoms with Gasteiger partial charge in [-0.1, -0.05) is 97.1 Å². The van der Waals surface area contributed by atoms with E-state index >= 15 is 0 Å². The Morgan fingerprint density at radius 3 is 2.00 bits per heavy atom. The molecule has 7 aromatic carbocycles. The van der Waals surface area contributed by atoms with Crippen LogP contribution in [0.4, 0.5) is 0 Å². The third-order valence-corrected chi connectivity index (χ3v) is 10.3. The first-order chi connectivity index (χ1) is 21.8. The molecule has 3 aromatic heterocycles. The Morgan fingerprint density at radius 2 is 1.18 bits per heavy atom. The van der Waals surface area contributed by atoms with Crippen LogP contribution in [0.15, 0.2) is 146 Å². The number of fused-ring (bicyclic) bond motifs is 4. The van der Waals surface area contributed by atoms with Crippen molar-refractivity contribution in [1.82, 2.24) is 9.38 Å². The third-order valence-electron chi connectivity index (χ3n) is 9.12. The molecule has 0 amide bonds. The molecule has 204 valence electrons. The van der Waals surface area contributed by atoms with E-state index in [9.17, 15) is 0 Å². The van der Waals surface area contributed by atoms with E-state index in [1.807, 2.05) is 17.4 Å². The maximum absolute atomic E-state index is 5.05. The minimum Gasteiger partial charge on any atom is -0.299 e. The summed E-state index contributed by atoms with van der Waals surface area (Å²) in [5.41, 5.74) is 7.89. The highest BCUT2D eigenvalue weighted by molar-refractivity contribution is 7.25. The summed E-state index contributed by atoms with van der Waals surface area (Å²) in [6, 6.07) is 50.9. The van der Waals surface area contributed by atoms with Crippen molar-refractivity contribution in [2.75, 3.05) is 0 Å². The van der Waals surface area contributed by atoms with Crippen molar-refractivity contribution in [2.24, 2.45) is 0 Å². The fourth-order valence-electron chi connectivity index (χ4n) is 7.09. The summed E-state index contributed by atoms with van der Waals surface area (Å²) >= 11 is 1.87. The first-order valence-electron chi connectivity index (χ1n) is 15.0. The maximum atomic E-state index is 5.05. The number of rotatable bonds is 3. The van der Waals surface area contributed by atoms with Crippen molar-refractivity contribution in [3.8, 4) is 33.6 Å². The zero-order valence-electron chi connectivity index (χ0n) is 23.7. The van der Waals surface area contributed by atoms with Gasteiger partial charge >= 0.3 is 0 Å². The van der Waals surface area contributed by atoms with E-state index < -0.39 is 0 Å². The molecule has 0 saturated heterocycles. The molecule has 0 aliphatic heterocycles. The van der Waals surface area contributed by atoms with Gasteiger partial charge in [0.05, 0.1) is 11.4 Å². The van der Waals surface area contributed by atoms with Gasteiger partial charge in [-0.3, -0.25) is 4.40 Å². The molecular formula is C41H24N2S. The summed E-state index contributed by atoms with van der Waals surface area (Å²) < 4.78 is 4.82. The summed E-state index contributed by atoms with van der Waals surface area (Å²) in [7, 11) is 0. The fourth-order valence-corrected chi connectivity index (χ4v) is 8.22. The van der Waals surface area contributed by atoms with Gasteiger partial charge in [-0.05, 0) is 85.9 Å². The molecule has 0 aliphatic carbocycles. The fraction of sp³-hybridized carbons (Fsp3) is 0. The lowest BCUT2D eigenvalue weighted by molar-refractivity contribution is 1.19. The molecule has 0 atom stereocenters. The Hall–Kier alpha value is -5.51.